The Morgan fingerprint density at radius 1 is 1.67 bits per heavy atom. The summed E-state index contributed by atoms with van der Waals surface area (Å²) in [6, 6.07) is 1.77. The van der Waals surface area contributed by atoms with Gasteiger partial charge in [-0.3, -0.25) is 9.48 Å². The molecule has 2 aromatic heterocycles. The number of hydrogen-bond acceptors (Lipinski definition) is 3. The average molecular weight is 306 g/mol. The van der Waals surface area contributed by atoms with Crippen LogP contribution in [0.25, 0.3) is 0 Å². The third-order valence-corrected chi connectivity index (χ3v) is 3.87. The van der Waals surface area contributed by atoms with Crippen LogP contribution in [-0.4, -0.2) is 15.6 Å². The molecule has 3 nitrogen and oxygen atoms in total. The number of carbonyl (C=O) groups excluding carboxylic acids is 1. The molecular weight excluding hydrogens is 300 g/mol. The summed E-state index contributed by atoms with van der Waals surface area (Å²) in [4.78, 5) is 12.7. The Morgan fingerprint density at radius 2 is 2.40 bits per heavy atom. The van der Waals surface area contributed by atoms with Crippen molar-refractivity contribution in [3.63, 3.8) is 0 Å². The molecule has 0 aliphatic rings. The van der Waals surface area contributed by atoms with E-state index in [-0.39, 0.29) is 5.78 Å². The van der Waals surface area contributed by atoms with Crippen LogP contribution in [-0.2, 0) is 7.05 Å². The first-order valence-corrected chi connectivity index (χ1v) is 6.11. The molecule has 0 fully saturated rings. The zero-order valence-corrected chi connectivity index (χ0v) is 10.9. The van der Waals surface area contributed by atoms with Gasteiger partial charge in [0.15, 0.2) is 0 Å². The summed E-state index contributed by atoms with van der Waals surface area (Å²) < 4.78 is 2.38. The highest BCUT2D eigenvalue weighted by molar-refractivity contribution is 9.10. The quantitative estimate of drug-likeness (QED) is 0.799. The smallest absolute Gasteiger partial charge is 0.222 e. The standard InChI is InChI=1S/C9H6BrClN2OS/c1-13-8(6(11)3-12-13)9(14)7-2-5(10)4-15-7/h2-4H,1H3. The summed E-state index contributed by atoms with van der Waals surface area (Å²) in [5, 5.41) is 6.17. The minimum Gasteiger partial charge on any atom is -0.286 e. The second-order valence-corrected chi connectivity index (χ2v) is 5.16. The molecule has 2 aromatic rings. The molecule has 0 N–H and O–H groups in total. The summed E-state index contributed by atoms with van der Waals surface area (Å²) in [7, 11) is 1.70. The van der Waals surface area contributed by atoms with Crippen molar-refractivity contribution in [2.24, 2.45) is 7.05 Å². The Bertz CT molecular complexity index is 500. The van der Waals surface area contributed by atoms with E-state index in [0.29, 0.717) is 15.6 Å². The molecule has 6 heteroatoms. The van der Waals surface area contributed by atoms with Gasteiger partial charge in [0.05, 0.1) is 16.1 Å². The van der Waals surface area contributed by atoms with Crippen molar-refractivity contribution in [3.8, 4) is 0 Å². The third-order valence-electron chi connectivity index (χ3n) is 1.90. The van der Waals surface area contributed by atoms with Crippen LogP contribution >= 0.6 is 38.9 Å². The molecule has 0 bridgehead atoms. The van der Waals surface area contributed by atoms with Crippen molar-refractivity contribution in [2.45, 2.75) is 0 Å². The molecule has 0 aliphatic heterocycles. The second-order valence-electron chi connectivity index (χ2n) is 2.92. The minimum absolute atomic E-state index is 0.101. The van der Waals surface area contributed by atoms with E-state index in [4.69, 9.17) is 11.6 Å². The lowest BCUT2D eigenvalue weighted by molar-refractivity contribution is 0.103. The van der Waals surface area contributed by atoms with Gasteiger partial charge in [-0.15, -0.1) is 11.3 Å². The van der Waals surface area contributed by atoms with Gasteiger partial charge >= 0.3 is 0 Å². The van der Waals surface area contributed by atoms with Gasteiger partial charge in [-0.2, -0.15) is 5.10 Å². The number of rotatable bonds is 2. The van der Waals surface area contributed by atoms with E-state index in [1.54, 1.807) is 13.1 Å². The van der Waals surface area contributed by atoms with E-state index in [9.17, 15) is 4.79 Å². The molecule has 0 aromatic carbocycles. The van der Waals surface area contributed by atoms with Crippen molar-refractivity contribution in [1.82, 2.24) is 9.78 Å². The first kappa shape index (κ1) is 10.9. The number of ketones is 1. The lowest BCUT2D eigenvalue weighted by atomic mass is 10.2. The highest BCUT2D eigenvalue weighted by Crippen LogP contribution is 2.25. The van der Waals surface area contributed by atoms with Crippen molar-refractivity contribution >= 4 is 44.7 Å². The maximum atomic E-state index is 12.0. The molecule has 2 rings (SSSR count). The summed E-state index contributed by atoms with van der Waals surface area (Å²) in [5.74, 6) is -0.101. The summed E-state index contributed by atoms with van der Waals surface area (Å²) in [5.41, 5.74) is 0.422. The minimum atomic E-state index is -0.101. The van der Waals surface area contributed by atoms with Crippen LogP contribution in [0, 0.1) is 0 Å². The lowest BCUT2D eigenvalue weighted by Gasteiger charge is -1.98. The molecule has 0 aliphatic carbocycles. The zero-order valence-electron chi connectivity index (χ0n) is 7.70. The van der Waals surface area contributed by atoms with Crippen LogP contribution in [0.5, 0.6) is 0 Å². The van der Waals surface area contributed by atoms with Gasteiger partial charge in [0.1, 0.15) is 5.69 Å². The van der Waals surface area contributed by atoms with Gasteiger partial charge in [0, 0.05) is 16.9 Å². The Kier molecular flexibility index (Phi) is 2.95. The van der Waals surface area contributed by atoms with Gasteiger partial charge in [0.25, 0.3) is 0 Å². The number of halogens is 2. The van der Waals surface area contributed by atoms with Gasteiger partial charge < -0.3 is 0 Å². The van der Waals surface area contributed by atoms with Gasteiger partial charge in [-0.05, 0) is 22.0 Å². The number of aromatic nitrogens is 2. The van der Waals surface area contributed by atoms with Gasteiger partial charge in [0.2, 0.25) is 5.78 Å². The van der Waals surface area contributed by atoms with Gasteiger partial charge in [-0.1, -0.05) is 11.6 Å². The van der Waals surface area contributed by atoms with Gasteiger partial charge in [-0.25, -0.2) is 0 Å². The molecule has 0 saturated carbocycles. The summed E-state index contributed by atoms with van der Waals surface area (Å²) >= 11 is 10.6. The van der Waals surface area contributed by atoms with E-state index >= 15 is 0 Å². The molecule has 0 spiro atoms. The molecule has 15 heavy (non-hydrogen) atoms. The maximum absolute atomic E-state index is 12.0. The lowest BCUT2D eigenvalue weighted by Crippen LogP contribution is -2.07. The first-order valence-electron chi connectivity index (χ1n) is 4.06. The molecule has 0 saturated heterocycles. The van der Waals surface area contributed by atoms with E-state index in [1.165, 1.54) is 22.2 Å². The van der Waals surface area contributed by atoms with Crippen LogP contribution < -0.4 is 0 Å². The molecule has 0 atom stereocenters. The number of carbonyl (C=O) groups is 1. The third kappa shape index (κ3) is 2.00. The van der Waals surface area contributed by atoms with Crippen molar-refractivity contribution in [3.05, 3.63) is 37.7 Å². The Morgan fingerprint density at radius 3 is 2.87 bits per heavy atom. The highest BCUT2D eigenvalue weighted by atomic mass is 79.9. The van der Waals surface area contributed by atoms with Crippen LogP contribution in [0.2, 0.25) is 5.02 Å². The van der Waals surface area contributed by atoms with Crippen molar-refractivity contribution in [1.29, 1.82) is 0 Å². The Labute approximate surface area is 104 Å². The maximum Gasteiger partial charge on any atom is 0.222 e. The SMILES string of the molecule is Cn1ncc(Cl)c1C(=O)c1cc(Br)cs1. The fraction of sp³-hybridized carbons (Fsp3) is 0.111. The number of nitrogens with zero attached hydrogens (tertiary/aromatic N) is 2. The normalized spacial score (nSPS) is 10.6. The van der Waals surface area contributed by atoms with E-state index in [2.05, 4.69) is 21.0 Å². The molecule has 0 unspecified atom stereocenters. The molecule has 78 valence electrons. The highest BCUT2D eigenvalue weighted by Gasteiger charge is 2.18. The Balaban J connectivity index is 2.45. The van der Waals surface area contributed by atoms with Crippen LogP contribution in [0.3, 0.4) is 0 Å². The fourth-order valence-corrected chi connectivity index (χ4v) is 2.83. The van der Waals surface area contributed by atoms with Crippen LogP contribution in [0.15, 0.2) is 22.1 Å². The molecule has 0 amide bonds. The fourth-order valence-electron chi connectivity index (χ4n) is 1.21. The van der Waals surface area contributed by atoms with Crippen molar-refractivity contribution < 1.29 is 4.79 Å². The number of hydrogen-bond donors (Lipinski definition) is 0. The Hall–Kier alpha value is -0.650. The molecule has 2 heterocycles. The van der Waals surface area contributed by atoms with E-state index in [0.717, 1.165) is 4.47 Å². The monoisotopic (exact) mass is 304 g/mol. The summed E-state index contributed by atoms with van der Waals surface area (Å²) in [6.45, 7) is 0. The van der Waals surface area contributed by atoms with Crippen LogP contribution in [0.1, 0.15) is 15.4 Å². The number of aryl methyl sites for hydroxylation is 1. The van der Waals surface area contributed by atoms with E-state index in [1.807, 2.05) is 5.38 Å². The van der Waals surface area contributed by atoms with Crippen LogP contribution in [0.4, 0.5) is 0 Å². The second kappa shape index (κ2) is 4.08. The zero-order chi connectivity index (χ0) is 11.0. The van der Waals surface area contributed by atoms with Crippen molar-refractivity contribution in [2.75, 3.05) is 0 Å². The largest absolute Gasteiger partial charge is 0.286 e. The number of thiophene rings is 1. The average Bonchev–Trinajstić information content (AvgIpc) is 2.73. The predicted octanol–water partition coefficient (Wildman–Crippen LogP) is 3.13. The topological polar surface area (TPSA) is 34.9 Å². The molecule has 0 radical (unpaired) electrons. The summed E-state index contributed by atoms with van der Waals surface area (Å²) in [6.07, 6.45) is 1.47. The van der Waals surface area contributed by atoms with E-state index < -0.39 is 0 Å². The first-order chi connectivity index (χ1) is 7.09. The molecular formula is C9H6BrClN2OS. The predicted molar refractivity (Wildman–Crippen MR) is 63.7 cm³/mol.